The summed E-state index contributed by atoms with van der Waals surface area (Å²) in [6.45, 7) is 5.15. The molecule has 0 unspecified atom stereocenters. The predicted octanol–water partition coefficient (Wildman–Crippen LogP) is 4.53. The molecule has 0 atom stereocenters. The zero-order valence-corrected chi connectivity index (χ0v) is 14.3. The van der Waals surface area contributed by atoms with E-state index in [1.54, 1.807) is 0 Å². The fourth-order valence-corrected chi connectivity index (χ4v) is 2.23. The highest BCUT2D eigenvalue weighted by atomic mass is 79.9. The maximum atomic E-state index is 4.60. The van der Waals surface area contributed by atoms with Crippen molar-refractivity contribution >= 4 is 33.4 Å². The maximum Gasteiger partial charge on any atom is 0.227 e. The molecule has 21 heavy (non-hydrogen) atoms. The quantitative estimate of drug-likeness (QED) is 0.832. The van der Waals surface area contributed by atoms with Crippen LogP contribution in [0.25, 0.3) is 0 Å². The number of unbranched alkanes of at least 4 members (excludes halogenated alkanes) is 1. The normalized spacial score (nSPS) is 10.5. The van der Waals surface area contributed by atoms with Gasteiger partial charge >= 0.3 is 0 Å². The summed E-state index contributed by atoms with van der Waals surface area (Å²) in [6, 6.07) is 10.00. The van der Waals surface area contributed by atoms with Crippen LogP contribution in [-0.4, -0.2) is 23.6 Å². The molecule has 0 spiro atoms. The first-order chi connectivity index (χ1) is 10.1. The minimum Gasteiger partial charge on any atom is -0.344 e. The second-order valence-electron chi connectivity index (χ2n) is 5.10. The molecule has 1 aromatic carbocycles. The van der Waals surface area contributed by atoms with Crippen LogP contribution in [0.2, 0.25) is 0 Å². The molecule has 0 saturated heterocycles. The number of rotatable bonds is 6. The lowest BCUT2D eigenvalue weighted by molar-refractivity contribution is 0.749. The van der Waals surface area contributed by atoms with Gasteiger partial charge in [-0.3, -0.25) is 0 Å². The van der Waals surface area contributed by atoms with Crippen LogP contribution >= 0.6 is 15.9 Å². The molecule has 0 amide bonds. The molecule has 1 heterocycles. The van der Waals surface area contributed by atoms with Crippen molar-refractivity contribution in [3.63, 3.8) is 0 Å². The lowest BCUT2D eigenvalue weighted by atomic mass is 10.3. The van der Waals surface area contributed by atoms with Crippen LogP contribution in [0.3, 0.4) is 0 Å². The van der Waals surface area contributed by atoms with E-state index in [0.29, 0.717) is 0 Å². The molecule has 0 aliphatic carbocycles. The van der Waals surface area contributed by atoms with Gasteiger partial charge in [-0.25, -0.2) is 4.98 Å². The Hall–Kier alpha value is -1.62. The topological polar surface area (TPSA) is 41.1 Å². The molecule has 2 aromatic rings. The van der Waals surface area contributed by atoms with Crippen molar-refractivity contribution in [2.45, 2.75) is 26.7 Å². The molecule has 112 valence electrons. The zero-order valence-electron chi connectivity index (χ0n) is 12.7. The third-order valence-electron chi connectivity index (χ3n) is 3.15. The van der Waals surface area contributed by atoms with E-state index in [4.69, 9.17) is 0 Å². The molecule has 0 fully saturated rings. The lowest BCUT2D eigenvalue weighted by Gasteiger charge is -2.18. The van der Waals surface area contributed by atoms with Crippen molar-refractivity contribution in [2.24, 2.45) is 0 Å². The number of aryl methyl sites for hydroxylation is 1. The molecule has 0 bridgehead atoms. The molecule has 0 aliphatic heterocycles. The molecule has 0 aliphatic rings. The average Bonchev–Trinajstić information content (AvgIpc) is 2.46. The van der Waals surface area contributed by atoms with Gasteiger partial charge in [0.05, 0.1) is 0 Å². The molecule has 0 saturated carbocycles. The van der Waals surface area contributed by atoms with Crippen LogP contribution in [0.4, 0.5) is 17.5 Å². The van der Waals surface area contributed by atoms with Crippen molar-refractivity contribution in [1.29, 1.82) is 0 Å². The van der Waals surface area contributed by atoms with E-state index < -0.39 is 0 Å². The third kappa shape index (κ3) is 4.70. The minimum absolute atomic E-state index is 0.767. The van der Waals surface area contributed by atoms with Crippen LogP contribution in [-0.2, 0) is 0 Å². The highest BCUT2D eigenvalue weighted by Crippen LogP contribution is 2.20. The number of nitrogens with one attached hydrogen (secondary N) is 1. The zero-order chi connectivity index (χ0) is 15.2. The van der Waals surface area contributed by atoms with Crippen molar-refractivity contribution in [2.75, 3.05) is 23.8 Å². The summed E-state index contributed by atoms with van der Waals surface area (Å²) in [4.78, 5) is 11.2. The van der Waals surface area contributed by atoms with Gasteiger partial charge in [0.1, 0.15) is 5.82 Å². The van der Waals surface area contributed by atoms with Gasteiger partial charge in [-0.1, -0.05) is 29.3 Å². The Balaban J connectivity index is 2.16. The summed E-state index contributed by atoms with van der Waals surface area (Å²) >= 11 is 3.44. The first kappa shape index (κ1) is 15.8. The summed E-state index contributed by atoms with van der Waals surface area (Å²) in [5.74, 6) is 1.59. The monoisotopic (exact) mass is 348 g/mol. The Morgan fingerprint density at radius 2 is 1.90 bits per heavy atom. The smallest absolute Gasteiger partial charge is 0.227 e. The van der Waals surface area contributed by atoms with Crippen LogP contribution in [0, 0.1) is 6.92 Å². The van der Waals surface area contributed by atoms with E-state index in [1.807, 2.05) is 44.3 Å². The highest BCUT2D eigenvalue weighted by molar-refractivity contribution is 9.10. The number of nitrogens with zero attached hydrogens (tertiary/aromatic N) is 3. The van der Waals surface area contributed by atoms with Crippen LogP contribution in [0.1, 0.15) is 25.5 Å². The first-order valence-electron chi connectivity index (χ1n) is 7.18. The first-order valence-corrected chi connectivity index (χ1v) is 7.97. The predicted molar refractivity (Wildman–Crippen MR) is 92.4 cm³/mol. The van der Waals surface area contributed by atoms with E-state index in [9.17, 15) is 0 Å². The van der Waals surface area contributed by atoms with Gasteiger partial charge < -0.3 is 10.2 Å². The Morgan fingerprint density at radius 1 is 1.19 bits per heavy atom. The van der Waals surface area contributed by atoms with Crippen molar-refractivity contribution in [3.05, 3.63) is 40.5 Å². The van der Waals surface area contributed by atoms with E-state index in [-0.39, 0.29) is 0 Å². The number of halogens is 1. The van der Waals surface area contributed by atoms with Crippen LogP contribution in [0.15, 0.2) is 34.8 Å². The van der Waals surface area contributed by atoms with Crippen LogP contribution in [0.5, 0.6) is 0 Å². The Morgan fingerprint density at radius 3 is 2.57 bits per heavy atom. The van der Waals surface area contributed by atoms with E-state index >= 15 is 0 Å². The third-order valence-corrected chi connectivity index (χ3v) is 3.68. The van der Waals surface area contributed by atoms with Crippen molar-refractivity contribution in [3.8, 4) is 0 Å². The van der Waals surface area contributed by atoms with E-state index in [2.05, 4.69) is 43.0 Å². The second-order valence-corrected chi connectivity index (χ2v) is 6.02. The number of aromatic nitrogens is 2. The fraction of sp³-hybridized carbons (Fsp3) is 0.375. The number of hydrogen-bond acceptors (Lipinski definition) is 4. The molecule has 1 N–H and O–H groups in total. The Labute approximate surface area is 134 Å². The summed E-state index contributed by atoms with van der Waals surface area (Å²) in [5.41, 5.74) is 1.97. The van der Waals surface area contributed by atoms with Gasteiger partial charge in [-0.05, 0) is 37.6 Å². The summed E-state index contributed by atoms with van der Waals surface area (Å²) in [6.07, 6.45) is 2.31. The average molecular weight is 349 g/mol. The van der Waals surface area contributed by atoms with Gasteiger partial charge in [0.25, 0.3) is 0 Å². The molecular weight excluding hydrogens is 328 g/mol. The summed E-state index contributed by atoms with van der Waals surface area (Å²) in [5, 5.41) is 3.32. The van der Waals surface area contributed by atoms with Gasteiger partial charge in [0.15, 0.2) is 0 Å². The van der Waals surface area contributed by atoms with Crippen molar-refractivity contribution in [1.82, 2.24) is 9.97 Å². The maximum absolute atomic E-state index is 4.60. The highest BCUT2D eigenvalue weighted by Gasteiger charge is 2.07. The summed E-state index contributed by atoms with van der Waals surface area (Å²) < 4.78 is 1.06. The molecule has 2 rings (SSSR count). The molecule has 1 aromatic heterocycles. The largest absolute Gasteiger partial charge is 0.344 e. The number of anilines is 3. The van der Waals surface area contributed by atoms with Gasteiger partial charge in [-0.15, -0.1) is 0 Å². The van der Waals surface area contributed by atoms with Gasteiger partial charge in [0.2, 0.25) is 5.95 Å². The van der Waals surface area contributed by atoms with E-state index in [1.165, 1.54) is 6.42 Å². The molecule has 0 radical (unpaired) electrons. The minimum atomic E-state index is 0.767. The molecule has 5 heteroatoms. The Bertz CT molecular complexity index is 583. The SMILES string of the molecule is CCCCN(C)c1nc(C)cc(Nc2ccc(Br)cc2)n1. The standard InChI is InChI=1S/C16H21BrN4/c1-4-5-10-21(3)16-18-12(2)11-15(20-16)19-14-8-6-13(17)7-9-14/h6-9,11H,4-5,10H2,1-3H3,(H,18,19,20). The second kappa shape index (κ2) is 7.41. The molecular formula is C16H21BrN4. The van der Waals surface area contributed by atoms with E-state index in [0.717, 1.165) is 40.6 Å². The Kier molecular flexibility index (Phi) is 5.56. The van der Waals surface area contributed by atoms with Gasteiger partial charge in [0, 0.05) is 35.5 Å². The fourth-order valence-electron chi connectivity index (χ4n) is 1.96. The molecule has 4 nitrogen and oxygen atoms in total. The summed E-state index contributed by atoms with van der Waals surface area (Å²) in [7, 11) is 2.04. The number of benzene rings is 1. The number of hydrogen-bond donors (Lipinski definition) is 1. The van der Waals surface area contributed by atoms with Crippen LogP contribution < -0.4 is 10.2 Å². The van der Waals surface area contributed by atoms with Crippen molar-refractivity contribution < 1.29 is 0 Å². The van der Waals surface area contributed by atoms with Gasteiger partial charge in [-0.2, -0.15) is 4.98 Å². The lowest BCUT2D eigenvalue weighted by Crippen LogP contribution is -2.21.